The van der Waals surface area contributed by atoms with Crippen LogP contribution in [0.4, 0.5) is 0 Å². The van der Waals surface area contributed by atoms with E-state index in [1.54, 1.807) is 48.5 Å². The molecule has 4 rings (SSSR count). The quantitative estimate of drug-likeness (QED) is 0.0666. The van der Waals surface area contributed by atoms with Gasteiger partial charge in [-0.3, -0.25) is 0 Å². The van der Waals surface area contributed by atoms with E-state index in [0.717, 1.165) is 11.1 Å². The van der Waals surface area contributed by atoms with Crippen molar-refractivity contribution in [3.63, 3.8) is 0 Å². The van der Waals surface area contributed by atoms with Crippen molar-refractivity contribution in [2.24, 2.45) is 0 Å². The van der Waals surface area contributed by atoms with Gasteiger partial charge in [-0.15, -0.1) is 0 Å². The lowest BCUT2D eigenvalue weighted by Gasteiger charge is -2.30. The molecule has 12 nitrogen and oxygen atoms in total. The first kappa shape index (κ1) is 46.9. The van der Waals surface area contributed by atoms with Crippen LogP contribution in [0.2, 0.25) is 0 Å². The fourth-order valence-electron chi connectivity index (χ4n) is 6.42. The Bertz CT molecular complexity index is 1830. The molecule has 2 unspecified atom stereocenters. The Morgan fingerprint density at radius 1 is 0.475 bits per heavy atom. The van der Waals surface area contributed by atoms with E-state index in [0.29, 0.717) is 44.5 Å². The Balaban J connectivity index is 1.43. The summed E-state index contributed by atoms with van der Waals surface area (Å²) >= 11 is 0. The molecule has 0 heterocycles. The van der Waals surface area contributed by atoms with E-state index in [1.165, 1.54) is 0 Å². The van der Waals surface area contributed by atoms with Crippen molar-refractivity contribution >= 4 is 11.9 Å². The van der Waals surface area contributed by atoms with Crippen LogP contribution in [0.15, 0.2) is 72.8 Å². The number of carbonyl (C=O) groups is 2. The van der Waals surface area contributed by atoms with Crippen molar-refractivity contribution < 1.29 is 59.2 Å². The molecule has 0 fully saturated rings. The van der Waals surface area contributed by atoms with Gasteiger partial charge in [0, 0.05) is 27.7 Å². The zero-order valence-corrected chi connectivity index (χ0v) is 35.4. The number of hydrogen-bond donors (Lipinski definition) is 6. The molecule has 6 N–H and O–H groups in total. The van der Waals surface area contributed by atoms with E-state index in [4.69, 9.17) is 18.9 Å². The van der Waals surface area contributed by atoms with Crippen LogP contribution in [0, 0.1) is 0 Å². The molecule has 320 valence electrons. The van der Waals surface area contributed by atoms with E-state index >= 15 is 0 Å². The Morgan fingerprint density at radius 3 is 1.02 bits per heavy atom. The minimum absolute atomic E-state index is 0.0751. The first-order chi connectivity index (χ1) is 27.7. The van der Waals surface area contributed by atoms with Crippen LogP contribution >= 0.6 is 0 Å². The molecule has 4 aromatic carbocycles. The molecule has 0 saturated carbocycles. The highest BCUT2D eigenvalue weighted by molar-refractivity contribution is 5.90. The molecular weight excluding hydrogens is 757 g/mol. The molecule has 0 radical (unpaired) electrons. The first-order valence-electron chi connectivity index (χ1n) is 19.7. The molecule has 0 spiro atoms. The predicted molar refractivity (Wildman–Crippen MR) is 223 cm³/mol. The number of esters is 2. The summed E-state index contributed by atoms with van der Waals surface area (Å²) in [5, 5.41) is 62.7. The van der Waals surface area contributed by atoms with Gasteiger partial charge in [-0.2, -0.15) is 0 Å². The van der Waals surface area contributed by atoms with Crippen LogP contribution < -0.4 is 9.47 Å². The highest BCUT2D eigenvalue weighted by atomic mass is 16.6. The van der Waals surface area contributed by atoms with Crippen molar-refractivity contribution in [2.45, 2.75) is 110 Å². The van der Waals surface area contributed by atoms with Crippen LogP contribution in [0.5, 0.6) is 11.5 Å². The molecule has 12 heteroatoms. The van der Waals surface area contributed by atoms with Crippen LogP contribution in [0.3, 0.4) is 0 Å². The van der Waals surface area contributed by atoms with E-state index in [-0.39, 0.29) is 48.8 Å². The zero-order chi connectivity index (χ0) is 43.7. The van der Waals surface area contributed by atoms with Crippen LogP contribution in [-0.4, -0.2) is 81.2 Å². The Kier molecular flexibility index (Phi) is 15.9. The molecule has 0 aromatic heterocycles. The summed E-state index contributed by atoms with van der Waals surface area (Å²) in [5.41, 5.74) is 4.53. The highest BCUT2D eigenvalue weighted by Crippen LogP contribution is 2.40. The standard InChI is InChI=1S/C47H60O12/c1-45(2,3)35-13-9-29(10-14-35)43(54)58-27-39(52)25-56-41-31(21-48)17-37(18-32(41)22-49)47(7,8)38-19-33(23-50)42(34(20-38)24-51)57-26-40(53)28-59-44(55)30-11-15-36(16-12-30)46(4,5)6/h9-20,39-40,48-53H,21-28H2,1-8H3. The second-order valence-electron chi connectivity index (χ2n) is 17.3. The average Bonchev–Trinajstić information content (AvgIpc) is 3.21. The van der Waals surface area contributed by atoms with E-state index < -0.39 is 56.0 Å². The minimum Gasteiger partial charge on any atom is -0.490 e. The summed E-state index contributed by atoms with van der Waals surface area (Å²) in [6.45, 7) is 13.1. The molecule has 0 aliphatic rings. The molecule has 0 aliphatic heterocycles. The third-order valence-corrected chi connectivity index (χ3v) is 10.2. The van der Waals surface area contributed by atoms with E-state index in [9.17, 15) is 40.2 Å². The third kappa shape index (κ3) is 12.1. The number of rotatable bonds is 18. The Labute approximate surface area is 347 Å². The Morgan fingerprint density at radius 2 is 0.763 bits per heavy atom. The Hall–Kier alpha value is -4.82. The van der Waals surface area contributed by atoms with Gasteiger partial charge >= 0.3 is 11.9 Å². The lowest BCUT2D eigenvalue weighted by atomic mass is 9.76. The van der Waals surface area contributed by atoms with Gasteiger partial charge in [-0.25, -0.2) is 9.59 Å². The summed E-state index contributed by atoms with van der Waals surface area (Å²) < 4.78 is 22.4. The molecular formula is C47H60O12. The van der Waals surface area contributed by atoms with Crippen LogP contribution in [-0.2, 0) is 52.1 Å². The number of carbonyl (C=O) groups excluding carboxylic acids is 2. The minimum atomic E-state index is -1.20. The first-order valence-corrected chi connectivity index (χ1v) is 19.7. The van der Waals surface area contributed by atoms with Crippen molar-refractivity contribution in [3.8, 4) is 11.5 Å². The highest BCUT2D eigenvalue weighted by Gasteiger charge is 2.29. The van der Waals surface area contributed by atoms with Crippen molar-refractivity contribution in [1.29, 1.82) is 0 Å². The average molecular weight is 817 g/mol. The van der Waals surface area contributed by atoms with Gasteiger partial charge in [0.25, 0.3) is 0 Å². The van der Waals surface area contributed by atoms with Gasteiger partial charge < -0.3 is 49.6 Å². The molecule has 59 heavy (non-hydrogen) atoms. The third-order valence-electron chi connectivity index (χ3n) is 10.2. The number of benzene rings is 4. The molecule has 0 amide bonds. The largest absolute Gasteiger partial charge is 0.490 e. The second kappa shape index (κ2) is 20.0. The monoisotopic (exact) mass is 816 g/mol. The fraction of sp³-hybridized carbons (Fsp3) is 0.447. The van der Waals surface area contributed by atoms with Gasteiger partial charge in [0.05, 0.1) is 37.6 Å². The summed E-state index contributed by atoms with van der Waals surface area (Å²) in [5.74, 6) is -0.830. The normalized spacial score (nSPS) is 13.1. The van der Waals surface area contributed by atoms with E-state index in [2.05, 4.69) is 41.5 Å². The number of hydrogen-bond acceptors (Lipinski definition) is 12. The number of aliphatic hydroxyl groups excluding tert-OH is 6. The molecule has 4 aromatic rings. The smallest absolute Gasteiger partial charge is 0.338 e. The maximum Gasteiger partial charge on any atom is 0.338 e. The number of aliphatic hydroxyl groups is 6. The SMILES string of the molecule is CC(C)(C)c1ccc(C(=O)OCC(O)COc2c(CO)cc(C(C)(C)c3cc(CO)c(OCC(O)COC(=O)c4ccc(C(C)(C)C)cc4)c(CO)c3)cc2CO)cc1. The molecule has 0 bridgehead atoms. The molecule has 0 aliphatic carbocycles. The fourth-order valence-corrected chi connectivity index (χ4v) is 6.42. The summed E-state index contributed by atoms with van der Waals surface area (Å²) in [4.78, 5) is 25.2. The molecule has 0 saturated heterocycles. The maximum atomic E-state index is 12.6. The van der Waals surface area contributed by atoms with Gasteiger partial charge in [0.1, 0.15) is 50.1 Å². The van der Waals surface area contributed by atoms with Gasteiger partial charge in [0.15, 0.2) is 0 Å². The predicted octanol–water partition coefficient (Wildman–Crippen LogP) is 5.77. The number of ether oxygens (including phenoxy) is 4. The molecule has 2 atom stereocenters. The summed E-state index contributed by atoms with van der Waals surface area (Å²) in [7, 11) is 0. The van der Waals surface area contributed by atoms with Gasteiger partial charge in [-0.1, -0.05) is 79.7 Å². The second-order valence-corrected chi connectivity index (χ2v) is 17.3. The lowest BCUT2D eigenvalue weighted by molar-refractivity contribution is 0.0122. The lowest BCUT2D eigenvalue weighted by Crippen LogP contribution is -2.26. The van der Waals surface area contributed by atoms with Crippen molar-refractivity contribution in [1.82, 2.24) is 0 Å². The maximum absolute atomic E-state index is 12.6. The van der Waals surface area contributed by atoms with Crippen LogP contribution in [0.25, 0.3) is 0 Å². The van der Waals surface area contributed by atoms with E-state index in [1.807, 2.05) is 38.1 Å². The van der Waals surface area contributed by atoms with Crippen molar-refractivity contribution in [2.75, 3.05) is 26.4 Å². The zero-order valence-electron chi connectivity index (χ0n) is 35.4. The van der Waals surface area contributed by atoms with Crippen molar-refractivity contribution in [3.05, 3.63) is 128 Å². The van der Waals surface area contributed by atoms with Crippen LogP contribution in [0.1, 0.15) is 121 Å². The topological polar surface area (TPSA) is 192 Å². The van der Waals surface area contributed by atoms with Gasteiger partial charge in [0.2, 0.25) is 0 Å². The summed E-state index contributed by atoms with van der Waals surface area (Å²) in [6, 6.07) is 21.0. The van der Waals surface area contributed by atoms with Gasteiger partial charge in [-0.05, 0) is 81.6 Å². The summed E-state index contributed by atoms with van der Waals surface area (Å²) in [6.07, 6.45) is -2.41.